The number of benzene rings is 2. The van der Waals surface area contributed by atoms with Gasteiger partial charge in [0.25, 0.3) is 0 Å². The first-order valence-electron chi connectivity index (χ1n) is 7.49. The van der Waals surface area contributed by atoms with E-state index in [0.717, 1.165) is 17.1 Å². The third-order valence-electron chi connectivity index (χ3n) is 3.30. The summed E-state index contributed by atoms with van der Waals surface area (Å²) in [6.45, 7) is 1.52. The Morgan fingerprint density at radius 3 is 2.57 bits per heavy atom. The minimum absolute atomic E-state index is 0.128. The maximum atomic E-state index is 11.9. The summed E-state index contributed by atoms with van der Waals surface area (Å²) in [5.41, 5.74) is 0.979. The van der Waals surface area contributed by atoms with E-state index in [2.05, 4.69) is 5.32 Å². The Morgan fingerprint density at radius 2 is 1.83 bits per heavy atom. The lowest BCUT2D eigenvalue weighted by atomic mass is 10.2. The number of amides is 2. The molecule has 0 spiro atoms. The van der Waals surface area contributed by atoms with Crippen LogP contribution in [0.5, 0.6) is 11.5 Å². The van der Waals surface area contributed by atoms with E-state index in [1.807, 2.05) is 54.6 Å². The molecule has 2 rings (SSSR count). The standard InChI is InChI=1S/C18H22N2O3/c1-20(11-12-22-2)18(21)19-14-15-7-6-10-17(13-15)23-16-8-4-3-5-9-16/h3-10,13H,11-12,14H2,1-2H3,(H,19,21). The summed E-state index contributed by atoms with van der Waals surface area (Å²) in [7, 11) is 3.35. The molecule has 0 aromatic heterocycles. The van der Waals surface area contributed by atoms with E-state index in [9.17, 15) is 4.79 Å². The van der Waals surface area contributed by atoms with Crippen molar-refractivity contribution in [2.75, 3.05) is 27.3 Å². The van der Waals surface area contributed by atoms with Gasteiger partial charge in [-0.2, -0.15) is 0 Å². The summed E-state index contributed by atoms with van der Waals surface area (Å²) in [5, 5.41) is 2.87. The first-order chi connectivity index (χ1) is 11.2. The molecule has 0 saturated carbocycles. The molecule has 0 saturated heterocycles. The molecule has 0 radical (unpaired) electrons. The maximum absolute atomic E-state index is 11.9. The normalized spacial score (nSPS) is 10.2. The number of rotatable bonds is 7. The van der Waals surface area contributed by atoms with E-state index in [0.29, 0.717) is 19.7 Å². The van der Waals surface area contributed by atoms with Crippen LogP contribution in [-0.2, 0) is 11.3 Å². The molecule has 0 heterocycles. The second-order valence-electron chi connectivity index (χ2n) is 5.14. The number of carbonyl (C=O) groups excluding carboxylic acids is 1. The van der Waals surface area contributed by atoms with Gasteiger partial charge < -0.3 is 19.7 Å². The molecule has 2 amide bonds. The zero-order chi connectivity index (χ0) is 16.5. The lowest BCUT2D eigenvalue weighted by Crippen LogP contribution is -2.38. The fraction of sp³-hybridized carbons (Fsp3) is 0.278. The Hall–Kier alpha value is -2.53. The van der Waals surface area contributed by atoms with Gasteiger partial charge in [0.1, 0.15) is 11.5 Å². The Bertz CT molecular complexity index is 617. The first-order valence-corrected chi connectivity index (χ1v) is 7.49. The average molecular weight is 314 g/mol. The SMILES string of the molecule is COCCN(C)C(=O)NCc1cccc(Oc2ccccc2)c1. The molecule has 0 bridgehead atoms. The molecule has 1 N–H and O–H groups in total. The lowest BCUT2D eigenvalue weighted by molar-refractivity contribution is 0.159. The molecule has 0 aliphatic heterocycles. The molecule has 5 heteroatoms. The molecule has 0 aliphatic rings. The van der Waals surface area contributed by atoms with Crippen LogP contribution in [0.1, 0.15) is 5.56 Å². The quantitative estimate of drug-likeness (QED) is 0.853. The molecule has 5 nitrogen and oxygen atoms in total. The van der Waals surface area contributed by atoms with E-state index in [4.69, 9.17) is 9.47 Å². The number of methoxy groups -OCH3 is 1. The number of ether oxygens (including phenoxy) is 2. The Balaban J connectivity index is 1.89. The van der Waals surface area contributed by atoms with Gasteiger partial charge in [-0.25, -0.2) is 4.79 Å². The van der Waals surface area contributed by atoms with E-state index in [1.165, 1.54) is 0 Å². The van der Waals surface area contributed by atoms with E-state index >= 15 is 0 Å². The van der Waals surface area contributed by atoms with Crippen molar-refractivity contribution in [3.8, 4) is 11.5 Å². The minimum Gasteiger partial charge on any atom is -0.457 e. The van der Waals surface area contributed by atoms with Crippen LogP contribution >= 0.6 is 0 Å². The zero-order valence-corrected chi connectivity index (χ0v) is 13.5. The molecule has 23 heavy (non-hydrogen) atoms. The molecular formula is C18H22N2O3. The third-order valence-corrected chi connectivity index (χ3v) is 3.30. The highest BCUT2D eigenvalue weighted by Crippen LogP contribution is 2.21. The van der Waals surface area contributed by atoms with Gasteiger partial charge in [0, 0.05) is 27.2 Å². The smallest absolute Gasteiger partial charge is 0.317 e. The topological polar surface area (TPSA) is 50.8 Å². The van der Waals surface area contributed by atoms with Crippen molar-refractivity contribution in [1.82, 2.24) is 10.2 Å². The highest BCUT2D eigenvalue weighted by atomic mass is 16.5. The van der Waals surface area contributed by atoms with Gasteiger partial charge in [0.15, 0.2) is 0 Å². The van der Waals surface area contributed by atoms with Crippen LogP contribution in [0.4, 0.5) is 4.79 Å². The van der Waals surface area contributed by atoms with Crippen molar-refractivity contribution in [3.63, 3.8) is 0 Å². The van der Waals surface area contributed by atoms with Gasteiger partial charge in [0.05, 0.1) is 6.61 Å². The van der Waals surface area contributed by atoms with Crippen molar-refractivity contribution in [3.05, 3.63) is 60.2 Å². The molecule has 2 aromatic carbocycles. The van der Waals surface area contributed by atoms with Crippen LogP contribution in [0.3, 0.4) is 0 Å². The van der Waals surface area contributed by atoms with E-state index in [-0.39, 0.29) is 6.03 Å². The summed E-state index contributed by atoms with van der Waals surface area (Å²) in [6, 6.07) is 17.1. The number of carbonyl (C=O) groups is 1. The van der Waals surface area contributed by atoms with Crippen LogP contribution in [0.25, 0.3) is 0 Å². The van der Waals surface area contributed by atoms with Crippen LogP contribution in [0.15, 0.2) is 54.6 Å². The number of nitrogens with one attached hydrogen (secondary N) is 1. The predicted molar refractivity (Wildman–Crippen MR) is 89.7 cm³/mol. The number of hydrogen-bond donors (Lipinski definition) is 1. The number of likely N-dealkylation sites (N-methyl/N-ethyl adjacent to an activating group) is 1. The molecular weight excluding hydrogens is 292 g/mol. The minimum atomic E-state index is -0.128. The Labute approximate surface area is 136 Å². The van der Waals surface area contributed by atoms with Crippen LogP contribution in [0, 0.1) is 0 Å². The fourth-order valence-electron chi connectivity index (χ4n) is 1.99. The number of urea groups is 1. The largest absolute Gasteiger partial charge is 0.457 e. The van der Waals surface area contributed by atoms with Gasteiger partial charge in [-0.05, 0) is 29.8 Å². The molecule has 0 atom stereocenters. The maximum Gasteiger partial charge on any atom is 0.317 e. The second-order valence-corrected chi connectivity index (χ2v) is 5.14. The monoisotopic (exact) mass is 314 g/mol. The summed E-state index contributed by atoms with van der Waals surface area (Å²) < 4.78 is 10.7. The van der Waals surface area contributed by atoms with Gasteiger partial charge in [-0.3, -0.25) is 0 Å². The van der Waals surface area contributed by atoms with E-state index in [1.54, 1.807) is 19.1 Å². The predicted octanol–water partition coefficient (Wildman–Crippen LogP) is 3.27. The summed E-state index contributed by atoms with van der Waals surface area (Å²) >= 11 is 0. The highest BCUT2D eigenvalue weighted by molar-refractivity contribution is 5.73. The Kier molecular flexibility index (Phi) is 6.44. The molecule has 0 aliphatic carbocycles. The van der Waals surface area contributed by atoms with Crippen molar-refractivity contribution < 1.29 is 14.3 Å². The van der Waals surface area contributed by atoms with Crippen LogP contribution < -0.4 is 10.1 Å². The van der Waals surface area contributed by atoms with Gasteiger partial charge in [-0.1, -0.05) is 30.3 Å². The number of hydrogen-bond acceptors (Lipinski definition) is 3. The van der Waals surface area contributed by atoms with Gasteiger partial charge in [-0.15, -0.1) is 0 Å². The fourth-order valence-corrected chi connectivity index (χ4v) is 1.99. The summed E-state index contributed by atoms with van der Waals surface area (Å²) in [4.78, 5) is 13.5. The molecule has 122 valence electrons. The second kappa shape index (κ2) is 8.80. The lowest BCUT2D eigenvalue weighted by Gasteiger charge is -2.17. The van der Waals surface area contributed by atoms with E-state index < -0.39 is 0 Å². The number of para-hydroxylation sites is 1. The number of nitrogens with zero attached hydrogens (tertiary/aromatic N) is 1. The zero-order valence-electron chi connectivity index (χ0n) is 13.5. The Morgan fingerprint density at radius 1 is 1.09 bits per heavy atom. The van der Waals surface area contributed by atoms with Gasteiger partial charge in [0.2, 0.25) is 0 Å². The van der Waals surface area contributed by atoms with Crippen molar-refractivity contribution in [2.24, 2.45) is 0 Å². The van der Waals surface area contributed by atoms with Crippen molar-refractivity contribution >= 4 is 6.03 Å². The van der Waals surface area contributed by atoms with Crippen LogP contribution in [0.2, 0.25) is 0 Å². The van der Waals surface area contributed by atoms with Crippen molar-refractivity contribution in [2.45, 2.75) is 6.54 Å². The summed E-state index contributed by atoms with van der Waals surface area (Å²) in [5.74, 6) is 1.53. The summed E-state index contributed by atoms with van der Waals surface area (Å²) in [6.07, 6.45) is 0. The van der Waals surface area contributed by atoms with Gasteiger partial charge >= 0.3 is 6.03 Å². The van der Waals surface area contributed by atoms with Crippen molar-refractivity contribution in [1.29, 1.82) is 0 Å². The first kappa shape index (κ1) is 16.8. The highest BCUT2D eigenvalue weighted by Gasteiger charge is 2.07. The molecule has 0 unspecified atom stereocenters. The third kappa shape index (κ3) is 5.64. The average Bonchev–Trinajstić information content (AvgIpc) is 2.58. The molecule has 2 aromatic rings. The van der Waals surface area contributed by atoms with Crippen LogP contribution in [-0.4, -0.2) is 38.2 Å². The molecule has 0 fully saturated rings.